The minimum Gasteiger partial charge on any atom is -0.538 e. The number of aromatic nitrogens is 3. The van der Waals surface area contributed by atoms with Crippen LogP contribution < -0.4 is 15.1 Å². The Balaban J connectivity index is 1.50. The number of amides is 1. The van der Waals surface area contributed by atoms with Crippen LogP contribution in [-0.2, 0) is 4.79 Å². The number of carbonyl (C=O) groups excluding carboxylic acids is 1. The highest BCUT2D eigenvalue weighted by Crippen LogP contribution is 2.25. The zero-order chi connectivity index (χ0) is 19.5. The fourth-order valence-corrected chi connectivity index (χ4v) is 3.50. The molecule has 2 aromatic carbocycles. The molecule has 0 spiro atoms. The monoisotopic (exact) mass is 392 g/mol. The molecule has 8 heteroatoms. The second kappa shape index (κ2) is 7.69. The predicted molar refractivity (Wildman–Crippen MR) is 103 cm³/mol. The Hall–Kier alpha value is -3.39. The van der Waals surface area contributed by atoms with Crippen LogP contribution in [0.3, 0.4) is 0 Å². The molecular formula is C20H16N4O3S. The van der Waals surface area contributed by atoms with Gasteiger partial charge < -0.3 is 14.9 Å². The van der Waals surface area contributed by atoms with Gasteiger partial charge >= 0.3 is 0 Å². The number of nitrogens with zero attached hydrogens (tertiary/aromatic N) is 3. The van der Waals surface area contributed by atoms with Crippen molar-refractivity contribution in [3.05, 3.63) is 66.4 Å². The van der Waals surface area contributed by atoms with Gasteiger partial charge in [-0.25, -0.2) is 0 Å². The van der Waals surface area contributed by atoms with E-state index < -0.39 is 5.95 Å². The van der Waals surface area contributed by atoms with E-state index in [1.807, 2.05) is 61.5 Å². The van der Waals surface area contributed by atoms with Crippen LogP contribution in [-0.4, -0.2) is 21.9 Å². The van der Waals surface area contributed by atoms with E-state index in [9.17, 15) is 9.90 Å². The summed E-state index contributed by atoms with van der Waals surface area (Å²) in [5.41, 5.74) is 3.26. The SMILES string of the molecule is Cc1ccc(-[n+]2noc([O-])c2SCC(=O)Nc2cccc3ncccc23)cc1. The molecule has 0 radical (unpaired) electrons. The topological polar surface area (TPSA) is 95.0 Å². The Morgan fingerprint density at radius 3 is 2.82 bits per heavy atom. The van der Waals surface area contributed by atoms with E-state index in [0.29, 0.717) is 11.4 Å². The van der Waals surface area contributed by atoms with E-state index in [1.165, 1.54) is 4.68 Å². The van der Waals surface area contributed by atoms with Gasteiger partial charge in [0, 0.05) is 23.7 Å². The van der Waals surface area contributed by atoms with Gasteiger partial charge in [0.1, 0.15) is 0 Å². The second-order valence-electron chi connectivity index (χ2n) is 6.13. The Morgan fingerprint density at radius 1 is 1.18 bits per heavy atom. The first-order valence-corrected chi connectivity index (χ1v) is 9.53. The number of benzene rings is 2. The summed E-state index contributed by atoms with van der Waals surface area (Å²) in [6.07, 6.45) is 1.70. The van der Waals surface area contributed by atoms with Crippen LogP contribution in [0.5, 0.6) is 5.95 Å². The molecule has 7 nitrogen and oxygen atoms in total. The molecule has 0 bridgehead atoms. The molecule has 0 saturated carbocycles. The lowest BCUT2D eigenvalue weighted by molar-refractivity contribution is -0.705. The summed E-state index contributed by atoms with van der Waals surface area (Å²) in [4.78, 5) is 16.7. The van der Waals surface area contributed by atoms with Crippen LogP contribution in [0.4, 0.5) is 5.69 Å². The summed E-state index contributed by atoms with van der Waals surface area (Å²) in [6.45, 7) is 1.97. The van der Waals surface area contributed by atoms with Crippen LogP contribution in [0.25, 0.3) is 16.6 Å². The largest absolute Gasteiger partial charge is 0.538 e. The molecule has 2 aromatic heterocycles. The molecule has 28 heavy (non-hydrogen) atoms. The van der Waals surface area contributed by atoms with Crippen molar-refractivity contribution in [2.24, 2.45) is 0 Å². The quantitative estimate of drug-likeness (QED) is 0.414. The zero-order valence-corrected chi connectivity index (χ0v) is 15.8. The maximum Gasteiger partial charge on any atom is 0.298 e. The number of hydrogen-bond acceptors (Lipinski definition) is 6. The molecule has 140 valence electrons. The number of fused-ring (bicyclic) bond motifs is 1. The van der Waals surface area contributed by atoms with E-state index in [2.05, 4.69) is 15.6 Å². The third-order valence-electron chi connectivity index (χ3n) is 4.11. The van der Waals surface area contributed by atoms with Crippen molar-refractivity contribution in [1.29, 1.82) is 0 Å². The second-order valence-corrected chi connectivity index (χ2v) is 7.09. The van der Waals surface area contributed by atoms with Crippen LogP contribution in [0.1, 0.15) is 5.56 Å². The summed E-state index contributed by atoms with van der Waals surface area (Å²) in [6, 6.07) is 16.7. The molecule has 1 N–H and O–H groups in total. The third kappa shape index (κ3) is 3.67. The smallest absolute Gasteiger partial charge is 0.298 e. The summed E-state index contributed by atoms with van der Waals surface area (Å²) < 4.78 is 6.19. The highest BCUT2D eigenvalue weighted by molar-refractivity contribution is 7.99. The highest BCUT2D eigenvalue weighted by Gasteiger charge is 2.22. The van der Waals surface area contributed by atoms with Crippen molar-refractivity contribution >= 4 is 34.3 Å². The first-order valence-electron chi connectivity index (χ1n) is 8.54. The Labute approximate surface area is 165 Å². The van der Waals surface area contributed by atoms with Gasteiger partial charge in [-0.15, -0.1) is 0 Å². The minimum atomic E-state index is -0.576. The van der Waals surface area contributed by atoms with Crippen LogP contribution in [0, 0.1) is 6.92 Å². The van der Waals surface area contributed by atoms with Crippen LogP contribution >= 0.6 is 11.8 Å². The number of nitrogens with one attached hydrogen (secondary N) is 1. The van der Waals surface area contributed by atoms with Crippen molar-refractivity contribution in [2.75, 3.05) is 11.1 Å². The molecule has 0 aliphatic rings. The van der Waals surface area contributed by atoms with E-state index in [0.717, 1.165) is 28.2 Å². The number of rotatable bonds is 5. The van der Waals surface area contributed by atoms with E-state index in [-0.39, 0.29) is 16.7 Å². The highest BCUT2D eigenvalue weighted by atomic mass is 32.2. The van der Waals surface area contributed by atoms with Crippen LogP contribution in [0.15, 0.2) is 70.3 Å². The number of hydrogen-bond donors (Lipinski definition) is 1. The Bertz CT molecular complexity index is 1140. The van der Waals surface area contributed by atoms with Gasteiger partial charge in [-0.3, -0.25) is 9.78 Å². The van der Waals surface area contributed by atoms with E-state index >= 15 is 0 Å². The molecular weight excluding hydrogens is 376 g/mol. The number of carbonyl (C=O) groups is 1. The van der Waals surface area contributed by atoms with Gasteiger partial charge in [0.05, 0.1) is 22.2 Å². The van der Waals surface area contributed by atoms with Gasteiger partial charge in [0.25, 0.3) is 5.03 Å². The Kier molecular flexibility index (Phi) is 4.94. The van der Waals surface area contributed by atoms with Crippen molar-refractivity contribution in [3.63, 3.8) is 0 Å². The fraction of sp³-hybridized carbons (Fsp3) is 0.100. The lowest BCUT2D eigenvalue weighted by Gasteiger charge is -2.07. The van der Waals surface area contributed by atoms with Gasteiger partial charge in [0.15, 0.2) is 5.95 Å². The lowest BCUT2D eigenvalue weighted by atomic mass is 10.2. The molecule has 0 atom stereocenters. The average Bonchev–Trinajstić information content (AvgIpc) is 3.08. The average molecular weight is 392 g/mol. The minimum absolute atomic E-state index is 0.0406. The molecule has 1 amide bonds. The first kappa shape index (κ1) is 18.0. The predicted octanol–water partition coefficient (Wildman–Crippen LogP) is 2.61. The molecule has 0 fully saturated rings. The van der Waals surface area contributed by atoms with Crippen molar-refractivity contribution in [1.82, 2.24) is 10.3 Å². The fourth-order valence-electron chi connectivity index (χ4n) is 2.74. The van der Waals surface area contributed by atoms with Gasteiger partial charge in [0.2, 0.25) is 11.6 Å². The molecule has 0 unspecified atom stereocenters. The summed E-state index contributed by atoms with van der Waals surface area (Å²) >= 11 is 1.08. The number of pyridine rings is 1. The maximum atomic E-state index is 12.4. The number of thioether (sulfide) groups is 1. The van der Waals surface area contributed by atoms with E-state index in [4.69, 9.17) is 4.52 Å². The third-order valence-corrected chi connectivity index (χ3v) is 5.13. The van der Waals surface area contributed by atoms with E-state index in [1.54, 1.807) is 6.20 Å². The van der Waals surface area contributed by atoms with Crippen molar-refractivity contribution in [2.45, 2.75) is 11.9 Å². The zero-order valence-electron chi connectivity index (χ0n) is 15.0. The summed E-state index contributed by atoms with van der Waals surface area (Å²) in [7, 11) is 0. The molecule has 4 aromatic rings. The lowest BCUT2D eigenvalue weighted by Crippen LogP contribution is -2.35. The molecule has 2 heterocycles. The summed E-state index contributed by atoms with van der Waals surface area (Å²) in [5, 5.41) is 19.8. The first-order chi connectivity index (χ1) is 13.6. The Morgan fingerprint density at radius 2 is 2.00 bits per heavy atom. The summed E-state index contributed by atoms with van der Waals surface area (Å²) in [5.74, 6) is -0.774. The molecule has 0 saturated heterocycles. The van der Waals surface area contributed by atoms with Gasteiger partial charge in [-0.2, -0.15) is 0 Å². The van der Waals surface area contributed by atoms with Crippen LogP contribution in [0.2, 0.25) is 0 Å². The van der Waals surface area contributed by atoms with Gasteiger partial charge in [-0.05, 0) is 47.6 Å². The molecule has 4 rings (SSSR count). The van der Waals surface area contributed by atoms with Gasteiger partial charge in [-0.1, -0.05) is 23.8 Å². The standard InChI is InChI=1S/C20H16N4O3S/c1-13-7-9-14(10-8-13)24-19(20(26)27-23-24)28-12-18(25)22-17-6-2-5-16-15(17)4-3-11-21-16/h2-11H,12H2,1H3,(H-,21,22,23,25,26). The number of anilines is 1. The molecule has 0 aliphatic heterocycles. The van der Waals surface area contributed by atoms with Crippen molar-refractivity contribution < 1.29 is 19.1 Å². The number of aryl methyl sites for hydroxylation is 1. The molecule has 0 aliphatic carbocycles. The maximum absolute atomic E-state index is 12.4. The normalized spacial score (nSPS) is 10.9. The van der Waals surface area contributed by atoms with Crippen molar-refractivity contribution in [3.8, 4) is 11.6 Å².